The third kappa shape index (κ3) is 2.14. The number of rotatable bonds is 2. The molecule has 0 aliphatic carbocycles. The maximum atomic E-state index is 11.3. The largest absolute Gasteiger partial charge is 0.294 e. The monoisotopic (exact) mass is 291 g/mol. The van der Waals surface area contributed by atoms with Crippen LogP contribution in [-0.2, 0) is 0 Å². The third-order valence-corrected chi connectivity index (χ3v) is 2.49. The fourth-order valence-corrected chi connectivity index (χ4v) is 1.58. The first kappa shape index (κ1) is 9.86. The first-order chi connectivity index (χ1) is 5.65. The Morgan fingerprint density at radius 1 is 1.58 bits per heavy atom. The van der Waals surface area contributed by atoms with E-state index in [0.717, 1.165) is 4.47 Å². The maximum absolute atomic E-state index is 11.3. The second-order valence-corrected chi connectivity index (χ2v) is 3.94. The summed E-state index contributed by atoms with van der Waals surface area (Å²) in [6.07, 6.45) is 2.15. The second-order valence-electron chi connectivity index (χ2n) is 2.27. The number of nitrogens with zero attached hydrogens (tertiary/aromatic N) is 1. The predicted molar refractivity (Wildman–Crippen MR) is 54.3 cm³/mol. The molecular weight excluding hydrogens is 286 g/mol. The average Bonchev–Trinajstić information content (AvgIpc) is 2.08. The fourth-order valence-electron chi connectivity index (χ4n) is 0.809. The van der Waals surface area contributed by atoms with E-state index in [1.54, 1.807) is 12.3 Å². The van der Waals surface area contributed by atoms with Crippen LogP contribution in [0, 0.1) is 0 Å². The van der Waals surface area contributed by atoms with Crippen LogP contribution in [0.5, 0.6) is 0 Å². The molecule has 2 nitrogen and oxygen atoms in total. The number of aromatic nitrogens is 1. The van der Waals surface area contributed by atoms with Crippen LogP contribution in [0.15, 0.2) is 21.3 Å². The smallest absolute Gasteiger partial charge is 0.165 e. The number of ketones is 1. The predicted octanol–water partition coefficient (Wildman–Crippen LogP) is 3.20. The van der Waals surface area contributed by atoms with E-state index in [9.17, 15) is 4.79 Å². The van der Waals surface area contributed by atoms with E-state index < -0.39 is 0 Å². The van der Waals surface area contributed by atoms with Crippen LogP contribution in [0.2, 0.25) is 0 Å². The molecular formula is C8H7Br2NO. The number of hydrogen-bond acceptors (Lipinski definition) is 2. The molecule has 0 aliphatic rings. The summed E-state index contributed by atoms with van der Waals surface area (Å²) < 4.78 is 1.43. The number of hydrogen-bond donors (Lipinski definition) is 0. The van der Waals surface area contributed by atoms with Crippen molar-refractivity contribution in [3.8, 4) is 0 Å². The molecule has 4 heteroatoms. The van der Waals surface area contributed by atoms with Gasteiger partial charge in [-0.3, -0.25) is 4.79 Å². The number of carbonyl (C=O) groups is 1. The molecule has 0 aromatic carbocycles. The SMILES string of the molecule is CCC(=O)c1cc(Br)cnc1Br. The van der Waals surface area contributed by atoms with Crippen LogP contribution < -0.4 is 0 Å². The van der Waals surface area contributed by atoms with Crippen molar-refractivity contribution in [1.29, 1.82) is 0 Å². The van der Waals surface area contributed by atoms with Gasteiger partial charge in [0.25, 0.3) is 0 Å². The van der Waals surface area contributed by atoms with E-state index in [2.05, 4.69) is 36.8 Å². The zero-order valence-electron chi connectivity index (χ0n) is 6.47. The molecule has 64 valence electrons. The molecule has 0 radical (unpaired) electrons. The Morgan fingerprint density at radius 2 is 2.25 bits per heavy atom. The Balaban J connectivity index is 3.13. The molecule has 0 unspecified atom stereocenters. The summed E-state index contributed by atoms with van der Waals surface area (Å²) in [6.45, 7) is 1.83. The van der Waals surface area contributed by atoms with Gasteiger partial charge in [-0.15, -0.1) is 0 Å². The van der Waals surface area contributed by atoms with Gasteiger partial charge in [-0.2, -0.15) is 0 Å². The summed E-state index contributed by atoms with van der Waals surface area (Å²) in [5.41, 5.74) is 0.631. The topological polar surface area (TPSA) is 30.0 Å². The van der Waals surface area contributed by atoms with Crippen molar-refractivity contribution < 1.29 is 4.79 Å². The lowest BCUT2D eigenvalue weighted by molar-refractivity contribution is 0.0987. The van der Waals surface area contributed by atoms with Gasteiger partial charge in [-0.25, -0.2) is 4.98 Å². The zero-order valence-corrected chi connectivity index (χ0v) is 9.65. The van der Waals surface area contributed by atoms with E-state index in [1.165, 1.54) is 0 Å². The standard InChI is InChI=1S/C8H7Br2NO/c1-2-7(12)6-3-5(9)4-11-8(6)10/h3-4H,2H2,1H3. The summed E-state index contributed by atoms with van der Waals surface area (Å²) in [4.78, 5) is 15.3. The van der Waals surface area contributed by atoms with Crippen molar-refractivity contribution in [2.45, 2.75) is 13.3 Å². The van der Waals surface area contributed by atoms with Gasteiger partial charge in [0.05, 0.1) is 5.56 Å². The number of Topliss-reactive ketones (excluding diaryl/α,β-unsaturated/α-hetero) is 1. The van der Waals surface area contributed by atoms with Gasteiger partial charge in [0, 0.05) is 17.1 Å². The molecule has 0 atom stereocenters. The summed E-state index contributed by atoms with van der Waals surface area (Å²) >= 11 is 6.48. The lowest BCUT2D eigenvalue weighted by atomic mass is 10.1. The highest BCUT2D eigenvalue weighted by atomic mass is 79.9. The molecule has 0 aliphatic heterocycles. The third-order valence-electron chi connectivity index (χ3n) is 1.43. The molecule has 0 bridgehead atoms. The van der Waals surface area contributed by atoms with Crippen molar-refractivity contribution in [1.82, 2.24) is 4.98 Å². The fraction of sp³-hybridized carbons (Fsp3) is 0.250. The minimum Gasteiger partial charge on any atom is -0.294 e. The minimum atomic E-state index is 0.0932. The van der Waals surface area contributed by atoms with Gasteiger partial charge in [0.15, 0.2) is 5.78 Å². The Bertz CT molecular complexity index is 312. The molecule has 1 rings (SSSR count). The number of pyridine rings is 1. The highest BCUT2D eigenvalue weighted by Crippen LogP contribution is 2.19. The normalized spacial score (nSPS) is 9.92. The first-order valence-corrected chi connectivity index (χ1v) is 5.08. The lowest BCUT2D eigenvalue weighted by Gasteiger charge is -2.00. The van der Waals surface area contributed by atoms with Crippen LogP contribution in [0.1, 0.15) is 23.7 Å². The quantitative estimate of drug-likeness (QED) is 0.619. The van der Waals surface area contributed by atoms with Crippen LogP contribution in [0.3, 0.4) is 0 Å². The molecule has 0 spiro atoms. The van der Waals surface area contributed by atoms with Gasteiger partial charge in [0.2, 0.25) is 0 Å². The average molecular weight is 293 g/mol. The molecule has 1 aromatic heterocycles. The van der Waals surface area contributed by atoms with Crippen LogP contribution in [0.4, 0.5) is 0 Å². The van der Waals surface area contributed by atoms with Gasteiger partial charge < -0.3 is 0 Å². The molecule has 0 amide bonds. The summed E-state index contributed by atoms with van der Waals surface area (Å²) in [5.74, 6) is 0.0932. The zero-order chi connectivity index (χ0) is 9.14. The maximum Gasteiger partial charge on any atom is 0.165 e. The molecule has 0 saturated heterocycles. The lowest BCUT2D eigenvalue weighted by Crippen LogP contribution is -1.99. The van der Waals surface area contributed by atoms with Crippen LogP contribution >= 0.6 is 31.9 Å². The van der Waals surface area contributed by atoms with Crippen molar-refractivity contribution in [2.24, 2.45) is 0 Å². The molecule has 0 saturated carbocycles. The highest BCUT2D eigenvalue weighted by Gasteiger charge is 2.08. The molecule has 12 heavy (non-hydrogen) atoms. The van der Waals surface area contributed by atoms with E-state index in [1.807, 2.05) is 6.92 Å². The van der Waals surface area contributed by atoms with E-state index in [4.69, 9.17) is 0 Å². The minimum absolute atomic E-state index is 0.0932. The van der Waals surface area contributed by atoms with Crippen molar-refractivity contribution in [3.63, 3.8) is 0 Å². The Labute approximate surface area is 87.6 Å². The van der Waals surface area contributed by atoms with Gasteiger partial charge >= 0.3 is 0 Å². The highest BCUT2D eigenvalue weighted by molar-refractivity contribution is 9.11. The number of carbonyl (C=O) groups excluding carboxylic acids is 1. The molecule has 0 fully saturated rings. The van der Waals surface area contributed by atoms with Crippen LogP contribution in [0.25, 0.3) is 0 Å². The summed E-state index contributed by atoms with van der Waals surface area (Å²) in [6, 6.07) is 1.77. The second kappa shape index (κ2) is 4.14. The Hall–Kier alpha value is -0.220. The van der Waals surface area contributed by atoms with Gasteiger partial charge in [-0.1, -0.05) is 6.92 Å². The molecule has 0 N–H and O–H groups in total. The Kier molecular flexibility index (Phi) is 3.40. The molecule has 1 heterocycles. The van der Waals surface area contributed by atoms with Crippen molar-refractivity contribution >= 4 is 37.6 Å². The van der Waals surface area contributed by atoms with Gasteiger partial charge in [-0.05, 0) is 37.9 Å². The van der Waals surface area contributed by atoms with E-state index in [0.29, 0.717) is 16.6 Å². The summed E-state index contributed by atoms with van der Waals surface area (Å²) in [5, 5.41) is 0. The van der Waals surface area contributed by atoms with Crippen molar-refractivity contribution in [2.75, 3.05) is 0 Å². The molecule has 1 aromatic rings. The Morgan fingerprint density at radius 3 is 2.83 bits per heavy atom. The van der Waals surface area contributed by atoms with Crippen LogP contribution in [-0.4, -0.2) is 10.8 Å². The van der Waals surface area contributed by atoms with E-state index in [-0.39, 0.29) is 5.78 Å². The summed E-state index contributed by atoms with van der Waals surface area (Å²) in [7, 11) is 0. The van der Waals surface area contributed by atoms with Crippen molar-refractivity contribution in [3.05, 3.63) is 26.9 Å². The first-order valence-electron chi connectivity index (χ1n) is 3.49. The van der Waals surface area contributed by atoms with E-state index >= 15 is 0 Å². The van der Waals surface area contributed by atoms with Gasteiger partial charge in [0.1, 0.15) is 4.60 Å². The number of halogens is 2.